The van der Waals surface area contributed by atoms with Gasteiger partial charge >= 0.3 is 0 Å². The number of ether oxygens (including phenoxy) is 1. The Balaban J connectivity index is 2.03. The maximum absolute atomic E-state index is 10.3. The van der Waals surface area contributed by atoms with Gasteiger partial charge in [0.05, 0.1) is 17.7 Å². The van der Waals surface area contributed by atoms with Gasteiger partial charge in [-0.05, 0) is 64.5 Å². The van der Waals surface area contributed by atoms with Gasteiger partial charge in [-0.15, -0.1) is 0 Å². The molecule has 1 N–H and O–H groups in total. The Bertz CT molecular complexity index is 581. The zero-order chi connectivity index (χ0) is 14.5. The number of methoxy groups -OCH3 is 1. The molecule has 0 saturated carbocycles. The number of hydrogen-bond donors (Lipinski definition) is 1. The van der Waals surface area contributed by atoms with Crippen molar-refractivity contribution in [2.75, 3.05) is 7.11 Å². The summed E-state index contributed by atoms with van der Waals surface area (Å²) in [4.78, 5) is 0. The third-order valence-corrected chi connectivity index (χ3v) is 4.02. The van der Waals surface area contributed by atoms with E-state index in [1.54, 1.807) is 7.11 Å². The number of rotatable bonds is 5. The quantitative estimate of drug-likeness (QED) is 0.898. The average molecular weight is 335 g/mol. The van der Waals surface area contributed by atoms with Crippen LogP contribution in [0.5, 0.6) is 5.75 Å². The lowest BCUT2D eigenvalue weighted by molar-refractivity contribution is 0.175. The number of benzene rings is 2. The van der Waals surface area contributed by atoms with E-state index in [-0.39, 0.29) is 6.10 Å². The van der Waals surface area contributed by atoms with Crippen molar-refractivity contribution in [2.45, 2.75) is 25.9 Å². The summed E-state index contributed by atoms with van der Waals surface area (Å²) in [6.07, 6.45) is 0.934. The first kappa shape index (κ1) is 15.1. The maximum Gasteiger partial charge on any atom is 0.133 e. The molecule has 0 bridgehead atoms. The van der Waals surface area contributed by atoms with Crippen molar-refractivity contribution in [3.05, 3.63) is 63.6 Å². The van der Waals surface area contributed by atoms with Crippen LogP contribution in [0.25, 0.3) is 0 Å². The molecule has 0 heterocycles. The lowest BCUT2D eigenvalue weighted by atomic mass is 9.98. The summed E-state index contributed by atoms with van der Waals surface area (Å²) in [6.45, 7) is 2.08. The van der Waals surface area contributed by atoms with Crippen molar-refractivity contribution in [2.24, 2.45) is 0 Å². The van der Waals surface area contributed by atoms with E-state index < -0.39 is 0 Å². The molecule has 2 nitrogen and oxygen atoms in total. The third kappa shape index (κ3) is 3.84. The monoisotopic (exact) mass is 334 g/mol. The summed E-state index contributed by atoms with van der Waals surface area (Å²) >= 11 is 3.47. The maximum atomic E-state index is 10.3. The number of hydrogen-bond acceptors (Lipinski definition) is 2. The number of aliphatic hydroxyl groups is 1. The summed E-state index contributed by atoms with van der Waals surface area (Å²) in [5, 5.41) is 10.3. The van der Waals surface area contributed by atoms with Crippen LogP contribution in [0.4, 0.5) is 0 Å². The number of aliphatic hydroxyl groups excluding tert-OH is 1. The van der Waals surface area contributed by atoms with E-state index >= 15 is 0 Å². The molecule has 0 fully saturated rings. The smallest absolute Gasteiger partial charge is 0.133 e. The van der Waals surface area contributed by atoms with Gasteiger partial charge in [-0.1, -0.05) is 30.3 Å². The van der Waals surface area contributed by atoms with Crippen molar-refractivity contribution in [1.29, 1.82) is 0 Å². The molecule has 0 aromatic heterocycles. The molecule has 2 rings (SSSR count). The molecule has 0 radical (unpaired) electrons. The van der Waals surface area contributed by atoms with Gasteiger partial charge in [0, 0.05) is 0 Å². The van der Waals surface area contributed by atoms with Gasteiger partial charge in [-0.2, -0.15) is 0 Å². The van der Waals surface area contributed by atoms with Crippen LogP contribution >= 0.6 is 15.9 Å². The van der Waals surface area contributed by atoms with Gasteiger partial charge in [-0.3, -0.25) is 0 Å². The normalized spacial score (nSPS) is 12.2. The summed E-state index contributed by atoms with van der Waals surface area (Å²) in [5.74, 6) is 0.808. The molecule has 0 aliphatic heterocycles. The lowest BCUT2D eigenvalue weighted by Crippen LogP contribution is -2.14. The van der Waals surface area contributed by atoms with Crippen LogP contribution in [0.2, 0.25) is 0 Å². The summed E-state index contributed by atoms with van der Waals surface area (Å²) < 4.78 is 6.12. The first-order valence-corrected chi connectivity index (χ1v) is 7.44. The zero-order valence-electron chi connectivity index (χ0n) is 11.8. The van der Waals surface area contributed by atoms with E-state index in [1.807, 2.05) is 30.3 Å². The van der Waals surface area contributed by atoms with Crippen LogP contribution in [0.1, 0.15) is 16.7 Å². The van der Waals surface area contributed by atoms with Crippen molar-refractivity contribution >= 4 is 15.9 Å². The van der Waals surface area contributed by atoms with Crippen LogP contribution in [0, 0.1) is 6.92 Å². The zero-order valence-corrected chi connectivity index (χ0v) is 13.4. The molecule has 0 spiro atoms. The molecule has 1 unspecified atom stereocenters. The van der Waals surface area contributed by atoms with Gasteiger partial charge in [0.15, 0.2) is 0 Å². The highest BCUT2D eigenvalue weighted by atomic mass is 79.9. The van der Waals surface area contributed by atoms with E-state index in [1.165, 1.54) is 11.1 Å². The second-order valence-electron chi connectivity index (χ2n) is 4.96. The summed E-state index contributed by atoms with van der Waals surface area (Å²) in [7, 11) is 1.65. The van der Waals surface area contributed by atoms with Crippen molar-refractivity contribution < 1.29 is 9.84 Å². The number of aryl methyl sites for hydroxylation is 1. The van der Waals surface area contributed by atoms with Crippen molar-refractivity contribution in [1.82, 2.24) is 0 Å². The van der Waals surface area contributed by atoms with Gasteiger partial charge in [0.1, 0.15) is 5.75 Å². The molecule has 2 aromatic carbocycles. The largest absolute Gasteiger partial charge is 0.496 e. The summed E-state index contributed by atoms with van der Waals surface area (Å²) in [6, 6.07) is 14.1. The predicted molar refractivity (Wildman–Crippen MR) is 85.3 cm³/mol. The lowest BCUT2D eigenvalue weighted by Gasteiger charge is -2.13. The van der Waals surface area contributed by atoms with Crippen LogP contribution in [-0.2, 0) is 12.8 Å². The van der Waals surface area contributed by atoms with E-state index in [9.17, 15) is 5.11 Å². The molecule has 0 aliphatic rings. The fourth-order valence-electron chi connectivity index (χ4n) is 2.27. The molecular weight excluding hydrogens is 316 g/mol. The molecule has 1 atom stereocenters. The standard InChI is InChI=1S/C17H19BrO2/c1-12-5-3-4-6-14(12)11-15(19)9-13-7-8-17(20-2)16(18)10-13/h3-8,10,15,19H,9,11H2,1-2H3. The van der Waals surface area contributed by atoms with E-state index in [0.29, 0.717) is 12.8 Å². The minimum Gasteiger partial charge on any atom is -0.496 e. The fraction of sp³-hybridized carbons (Fsp3) is 0.294. The van der Waals surface area contributed by atoms with Gasteiger partial charge in [-0.25, -0.2) is 0 Å². The molecule has 20 heavy (non-hydrogen) atoms. The molecule has 0 saturated heterocycles. The molecule has 3 heteroatoms. The second-order valence-corrected chi connectivity index (χ2v) is 5.81. The number of halogens is 1. The molecule has 106 valence electrons. The predicted octanol–water partition coefficient (Wildman–Crippen LogP) is 3.91. The Labute approximate surface area is 128 Å². The minimum atomic E-state index is -0.378. The molecule has 0 amide bonds. The molecular formula is C17H19BrO2. The van der Waals surface area contributed by atoms with E-state index in [2.05, 4.69) is 35.0 Å². The second kappa shape index (κ2) is 6.91. The highest BCUT2D eigenvalue weighted by Gasteiger charge is 2.10. The SMILES string of the molecule is COc1ccc(CC(O)Cc2ccccc2C)cc1Br. The van der Waals surface area contributed by atoms with Gasteiger partial charge in [0.2, 0.25) is 0 Å². The van der Waals surface area contributed by atoms with Crippen LogP contribution in [0.15, 0.2) is 46.9 Å². The Morgan fingerprint density at radius 1 is 1.15 bits per heavy atom. The fourth-order valence-corrected chi connectivity index (χ4v) is 2.86. The van der Waals surface area contributed by atoms with Crippen LogP contribution in [0.3, 0.4) is 0 Å². The van der Waals surface area contributed by atoms with Crippen molar-refractivity contribution in [3.63, 3.8) is 0 Å². The summed E-state index contributed by atoms with van der Waals surface area (Å²) in [5.41, 5.74) is 3.52. The Kier molecular flexibility index (Phi) is 5.21. The Morgan fingerprint density at radius 2 is 1.90 bits per heavy atom. The first-order chi connectivity index (χ1) is 9.60. The Morgan fingerprint density at radius 3 is 2.55 bits per heavy atom. The van der Waals surface area contributed by atoms with Gasteiger partial charge < -0.3 is 9.84 Å². The molecule has 0 aliphatic carbocycles. The third-order valence-electron chi connectivity index (χ3n) is 3.40. The minimum absolute atomic E-state index is 0.378. The first-order valence-electron chi connectivity index (χ1n) is 6.65. The van der Waals surface area contributed by atoms with E-state index in [0.717, 1.165) is 15.8 Å². The van der Waals surface area contributed by atoms with E-state index in [4.69, 9.17) is 4.74 Å². The van der Waals surface area contributed by atoms with Crippen LogP contribution < -0.4 is 4.74 Å². The van der Waals surface area contributed by atoms with Crippen molar-refractivity contribution in [3.8, 4) is 5.75 Å². The average Bonchev–Trinajstić information content (AvgIpc) is 2.41. The Hall–Kier alpha value is -1.32. The van der Waals surface area contributed by atoms with Gasteiger partial charge in [0.25, 0.3) is 0 Å². The topological polar surface area (TPSA) is 29.5 Å². The highest BCUT2D eigenvalue weighted by Crippen LogP contribution is 2.26. The van der Waals surface area contributed by atoms with Crippen LogP contribution in [-0.4, -0.2) is 18.3 Å². The highest BCUT2D eigenvalue weighted by molar-refractivity contribution is 9.10. The molecule has 2 aromatic rings.